The SMILES string of the molecule is O=C(N[C@@H](CCc1ccccc1)C(=O)NCc1ccccc1)c1cc(Cl)c(Cl)[nH]1. The Kier molecular flexibility index (Phi) is 7.33. The van der Waals surface area contributed by atoms with Gasteiger partial charge in [-0.1, -0.05) is 83.9 Å². The van der Waals surface area contributed by atoms with Crippen molar-refractivity contribution in [3.8, 4) is 0 Å². The van der Waals surface area contributed by atoms with Gasteiger partial charge >= 0.3 is 0 Å². The fourth-order valence-electron chi connectivity index (χ4n) is 2.90. The van der Waals surface area contributed by atoms with Gasteiger partial charge in [0.2, 0.25) is 5.91 Å². The van der Waals surface area contributed by atoms with Crippen LogP contribution < -0.4 is 10.6 Å². The summed E-state index contributed by atoms with van der Waals surface area (Å²) in [5, 5.41) is 6.12. The predicted molar refractivity (Wildman–Crippen MR) is 115 cm³/mol. The zero-order valence-electron chi connectivity index (χ0n) is 15.6. The van der Waals surface area contributed by atoms with Crippen LogP contribution in [0.2, 0.25) is 10.2 Å². The van der Waals surface area contributed by atoms with E-state index in [-0.39, 0.29) is 21.8 Å². The molecule has 0 aliphatic rings. The molecule has 0 radical (unpaired) electrons. The molecule has 1 aromatic heterocycles. The molecule has 1 heterocycles. The molecular weight excluding hydrogens is 409 g/mol. The molecule has 0 saturated carbocycles. The number of hydrogen-bond acceptors (Lipinski definition) is 2. The lowest BCUT2D eigenvalue weighted by molar-refractivity contribution is -0.123. The zero-order valence-corrected chi connectivity index (χ0v) is 17.1. The largest absolute Gasteiger partial charge is 0.350 e. The minimum absolute atomic E-state index is 0.186. The van der Waals surface area contributed by atoms with Gasteiger partial charge in [-0.3, -0.25) is 9.59 Å². The summed E-state index contributed by atoms with van der Waals surface area (Å²) in [5.41, 5.74) is 2.28. The summed E-state index contributed by atoms with van der Waals surface area (Å²) in [4.78, 5) is 28.1. The molecular formula is C22H21Cl2N3O2. The molecule has 2 aromatic carbocycles. The summed E-state index contributed by atoms with van der Waals surface area (Å²) in [6.07, 6.45) is 1.11. The van der Waals surface area contributed by atoms with E-state index in [0.29, 0.717) is 19.4 Å². The van der Waals surface area contributed by atoms with Crippen LogP contribution >= 0.6 is 23.2 Å². The van der Waals surface area contributed by atoms with E-state index in [9.17, 15) is 9.59 Å². The van der Waals surface area contributed by atoms with E-state index in [1.54, 1.807) is 0 Å². The second kappa shape index (κ2) is 10.1. The number of H-pyrrole nitrogens is 1. The van der Waals surface area contributed by atoms with Crippen LogP contribution in [-0.4, -0.2) is 22.8 Å². The third kappa shape index (κ3) is 6.11. The van der Waals surface area contributed by atoms with E-state index in [4.69, 9.17) is 23.2 Å². The molecule has 150 valence electrons. The maximum Gasteiger partial charge on any atom is 0.268 e. The first-order valence-corrected chi connectivity index (χ1v) is 9.99. The number of aromatic nitrogens is 1. The van der Waals surface area contributed by atoms with Gasteiger partial charge in [-0.2, -0.15) is 0 Å². The Labute approximate surface area is 179 Å². The van der Waals surface area contributed by atoms with Crippen molar-refractivity contribution in [2.75, 3.05) is 0 Å². The van der Waals surface area contributed by atoms with Crippen molar-refractivity contribution < 1.29 is 9.59 Å². The first kappa shape index (κ1) is 21.0. The molecule has 0 aliphatic carbocycles. The highest BCUT2D eigenvalue weighted by molar-refractivity contribution is 6.41. The fourth-order valence-corrected chi connectivity index (χ4v) is 3.21. The maximum atomic E-state index is 12.8. The number of benzene rings is 2. The number of amides is 2. The van der Waals surface area contributed by atoms with Crippen LogP contribution in [0.3, 0.4) is 0 Å². The van der Waals surface area contributed by atoms with E-state index >= 15 is 0 Å². The van der Waals surface area contributed by atoms with Gasteiger partial charge < -0.3 is 15.6 Å². The molecule has 3 N–H and O–H groups in total. The molecule has 0 fully saturated rings. The number of rotatable bonds is 8. The molecule has 0 bridgehead atoms. The Morgan fingerprint density at radius 1 is 0.931 bits per heavy atom. The van der Waals surface area contributed by atoms with Gasteiger partial charge in [-0.15, -0.1) is 0 Å². The standard InChI is InChI=1S/C22H21Cl2N3O2/c23-17-13-19(26-20(17)24)22(29)27-18(12-11-15-7-3-1-4-8-15)21(28)25-14-16-9-5-2-6-10-16/h1-10,13,18,26H,11-12,14H2,(H,25,28)(H,27,29)/t18-/m0/s1. The Bertz CT molecular complexity index is 939. The van der Waals surface area contributed by atoms with Gasteiger partial charge in [0.15, 0.2) is 0 Å². The third-order valence-electron chi connectivity index (χ3n) is 4.47. The number of hydrogen-bond donors (Lipinski definition) is 3. The zero-order chi connectivity index (χ0) is 20.6. The monoisotopic (exact) mass is 429 g/mol. The normalized spacial score (nSPS) is 11.7. The van der Waals surface area contributed by atoms with Crippen LogP contribution in [0.5, 0.6) is 0 Å². The molecule has 0 unspecified atom stereocenters. The molecule has 3 rings (SSSR count). The van der Waals surface area contributed by atoms with Crippen molar-refractivity contribution in [2.24, 2.45) is 0 Å². The highest BCUT2D eigenvalue weighted by Crippen LogP contribution is 2.21. The first-order chi connectivity index (χ1) is 14.0. The second-order valence-electron chi connectivity index (χ2n) is 6.60. The molecule has 2 amide bonds. The van der Waals surface area contributed by atoms with Crippen LogP contribution in [0.25, 0.3) is 0 Å². The van der Waals surface area contributed by atoms with Crippen molar-refractivity contribution in [1.82, 2.24) is 15.6 Å². The first-order valence-electron chi connectivity index (χ1n) is 9.23. The lowest BCUT2D eigenvalue weighted by Gasteiger charge is -2.18. The molecule has 0 spiro atoms. The van der Waals surface area contributed by atoms with Gasteiger partial charge in [0.1, 0.15) is 16.9 Å². The average Bonchev–Trinajstić information content (AvgIpc) is 3.09. The van der Waals surface area contributed by atoms with Crippen LogP contribution in [0.15, 0.2) is 66.7 Å². The Morgan fingerprint density at radius 2 is 1.55 bits per heavy atom. The second-order valence-corrected chi connectivity index (χ2v) is 7.38. The number of aryl methyl sites for hydroxylation is 1. The van der Waals surface area contributed by atoms with Crippen LogP contribution in [0, 0.1) is 0 Å². The highest BCUT2D eigenvalue weighted by Gasteiger charge is 2.22. The molecule has 0 aliphatic heterocycles. The van der Waals surface area contributed by atoms with E-state index in [2.05, 4.69) is 15.6 Å². The summed E-state index contributed by atoms with van der Waals surface area (Å²) in [7, 11) is 0. The number of aromatic amines is 1. The fraction of sp³-hybridized carbons (Fsp3) is 0.182. The summed E-state index contributed by atoms with van der Waals surface area (Å²) in [5.74, 6) is -0.686. The average molecular weight is 430 g/mol. The van der Waals surface area contributed by atoms with Crippen molar-refractivity contribution in [3.63, 3.8) is 0 Å². The van der Waals surface area contributed by atoms with E-state index in [1.165, 1.54) is 6.07 Å². The third-order valence-corrected chi connectivity index (χ3v) is 5.16. The van der Waals surface area contributed by atoms with Crippen molar-refractivity contribution in [2.45, 2.75) is 25.4 Å². The number of halogens is 2. The summed E-state index contributed by atoms with van der Waals surface area (Å²) in [6.45, 7) is 0.386. The van der Waals surface area contributed by atoms with Crippen molar-refractivity contribution >= 4 is 35.0 Å². The van der Waals surface area contributed by atoms with Gasteiger partial charge in [0.05, 0.1) is 5.02 Å². The number of nitrogens with one attached hydrogen (secondary N) is 3. The lowest BCUT2D eigenvalue weighted by Crippen LogP contribution is -2.46. The number of carbonyl (C=O) groups is 2. The van der Waals surface area contributed by atoms with Crippen LogP contribution in [-0.2, 0) is 17.8 Å². The van der Waals surface area contributed by atoms with Crippen molar-refractivity contribution in [1.29, 1.82) is 0 Å². The Hall–Kier alpha value is -2.76. The maximum absolute atomic E-state index is 12.8. The Balaban J connectivity index is 1.67. The lowest BCUT2D eigenvalue weighted by atomic mass is 10.0. The van der Waals surface area contributed by atoms with E-state index < -0.39 is 11.9 Å². The minimum Gasteiger partial charge on any atom is -0.350 e. The van der Waals surface area contributed by atoms with Crippen molar-refractivity contribution in [3.05, 3.63) is 93.7 Å². The molecule has 0 saturated heterocycles. The van der Waals surface area contributed by atoms with E-state index in [0.717, 1.165) is 11.1 Å². The molecule has 29 heavy (non-hydrogen) atoms. The highest BCUT2D eigenvalue weighted by atomic mass is 35.5. The van der Waals surface area contributed by atoms with E-state index in [1.807, 2.05) is 60.7 Å². The topological polar surface area (TPSA) is 74.0 Å². The van der Waals surface area contributed by atoms with Gasteiger partial charge in [0.25, 0.3) is 5.91 Å². The van der Waals surface area contributed by atoms with Gasteiger partial charge in [-0.05, 0) is 30.0 Å². The molecule has 5 nitrogen and oxygen atoms in total. The smallest absolute Gasteiger partial charge is 0.268 e. The number of carbonyl (C=O) groups excluding carboxylic acids is 2. The van der Waals surface area contributed by atoms with Crippen LogP contribution in [0.1, 0.15) is 28.0 Å². The minimum atomic E-state index is -0.702. The quantitative estimate of drug-likeness (QED) is 0.497. The molecule has 7 heteroatoms. The summed E-state index contributed by atoms with van der Waals surface area (Å²) in [6, 6.07) is 20.2. The Morgan fingerprint density at radius 3 is 2.14 bits per heavy atom. The van der Waals surface area contributed by atoms with Gasteiger partial charge in [0, 0.05) is 6.54 Å². The predicted octanol–water partition coefficient (Wildman–Crippen LogP) is 4.37. The summed E-state index contributed by atoms with van der Waals surface area (Å²) < 4.78 is 0. The summed E-state index contributed by atoms with van der Waals surface area (Å²) >= 11 is 11.8. The molecule has 3 aromatic rings. The van der Waals surface area contributed by atoms with Gasteiger partial charge in [-0.25, -0.2) is 0 Å². The van der Waals surface area contributed by atoms with Crippen LogP contribution in [0.4, 0.5) is 0 Å². The molecule has 1 atom stereocenters.